The summed E-state index contributed by atoms with van der Waals surface area (Å²) in [5.41, 5.74) is -2.22. The van der Waals surface area contributed by atoms with E-state index in [0.29, 0.717) is 16.8 Å². The van der Waals surface area contributed by atoms with E-state index in [2.05, 4.69) is 5.32 Å². The number of pyridine rings is 1. The molecule has 0 unspecified atom stereocenters. The molecule has 1 N–H and O–H groups in total. The second-order valence-corrected chi connectivity index (χ2v) is 6.59. The molecule has 0 radical (unpaired) electrons. The van der Waals surface area contributed by atoms with Gasteiger partial charge in [-0.05, 0) is 33.8 Å². The molecule has 0 atom stereocenters. The number of alkyl halides is 3. The van der Waals surface area contributed by atoms with E-state index < -0.39 is 35.3 Å². The van der Waals surface area contributed by atoms with Crippen molar-refractivity contribution in [3.05, 3.63) is 34.2 Å². The van der Waals surface area contributed by atoms with Gasteiger partial charge in [-0.25, -0.2) is 0 Å². The minimum atomic E-state index is -4.62. The third-order valence-corrected chi connectivity index (χ3v) is 3.20. The number of nitrogens with zero attached hydrogens (tertiary/aromatic N) is 2. The molecule has 25 heavy (non-hydrogen) atoms. The molecule has 0 saturated carbocycles. The number of carbonyl (C=O) groups excluding carboxylic acids is 2. The van der Waals surface area contributed by atoms with Gasteiger partial charge in [0.2, 0.25) is 11.8 Å². The number of aromatic nitrogens is 1. The highest BCUT2D eigenvalue weighted by molar-refractivity contribution is 5.85. The summed E-state index contributed by atoms with van der Waals surface area (Å²) in [6.07, 6.45) is -4.02. The van der Waals surface area contributed by atoms with E-state index in [1.807, 2.05) is 0 Å². The minimum absolute atomic E-state index is 0.185. The molecule has 140 valence electrons. The Labute approximate surface area is 143 Å². The maximum Gasteiger partial charge on any atom is 0.417 e. The molecule has 0 bridgehead atoms. The average molecular weight is 361 g/mol. The molecule has 1 aromatic heterocycles. The molecule has 1 rings (SSSR count). The Morgan fingerprint density at radius 1 is 1.20 bits per heavy atom. The summed E-state index contributed by atoms with van der Waals surface area (Å²) in [4.78, 5) is 37.1. The minimum Gasteiger partial charge on any atom is -0.350 e. The molecule has 0 aliphatic heterocycles. The van der Waals surface area contributed by atoms with Gasteiger partial charge in [-0.3, -0.25) is 14.4 Å². The van der Waals surface area contributed by atoms with Crippen LogP contribution in [0.4, 0.5) is 13.2 Å². The fraction of sp³-hybridized carbons (Fsp3) is 0.562. The molecule has 0 saturated heterocycles. The monoisotopic (exact) mass is 361 g/mol. The first kappa shape index (κ1) is 20.7. The largest absolute Gasteiger partial charge is 0.417 e. The van der Waals surface area contributed by atoms with E-state index in [4.69, 9.17) is 0 Å². The number of rotatable bonds is 5. The first-order valence-corrected chi connectivity index (χ1v) is 7.70. The topological polar surface area (TPSA) is 71.4 Å². The van der Waals surface area contributed by atoms with Gasteiger partial charge in [-0.15, -0.1) is 0 Å². The van der Waals surface area contributed by atoms with Crippen LogP contribution in [0.25, 0.3) is 0 Å². The van der Waals surface area contributed by atoms with Gasteiger partial charge in [0.05, 0.1) is 12.1 Å². The molecule has 9 heteroatoms. The smallest absolute Gasteiger partial charge is 0.350 e. The van der Waals surface area contributed by atoms with Crippen LogP contribution in [-0.4, -0.2) is 39.9 Å². The number of carbonyl (C=O) groups is 2. The van der Waals surface area contributed by atoms with Crippen molar-refractivity contribution in [2.75, 3.05) is 13.1 Å². The third kappa shape index (κ3) is 6.60. The fourth-order valence-corrected chi connectivity index (χ4v) is 2.08. The zero-order valence-electron chi connectivity index (χ0n) is 14.6. The second kappa shape index (κ2) is 7.71. The van der Waals surface area contributed by atoms with Crippen molar-refractivity contribution in [3.8, 4) is 0 Å². The normalized spacial score (nSPS) is 12.0. The number of halogens is 3. The quantitative estimate of drug-likeness (QED) is 0.867. The summed E-state index contributed by atoms with van der Waals surface area (Å²) in [6.45, 7) is 6.36. The molecule has 0 fully saturated rings. The molecule has 1 aromatic rings. The number of likely N-dealkylation sites (N-methyl/N-ethyl adjacent to an activating group) is 1. The predicted molar refractivity (Wildman–Crippen MR) is 85.9 cm³/mol. The fourth-order valence-electron chi connectivity index (χ4n) is 2.08. The van der Waals surface area contributed by atoms with E-state index in [0.717, 1.165) is 6.07 Å². The first-order chi connectivity index (χ1) is 11.3. The predicted octanol–water partition coefficient (Wildman–Crippen LogP) is 1.63. The van der Waals surface area contributed by atoms with Crippen molar-refractivity contribution in [1.29, 1.82) is 0 Å². The van der Waals surface area contributed by atoms with Crippen LogP contribution in [0, 0.1) is 0 Å². The molecule has 0 aromatic carbocycles. The van der Waals surface area contributed by atoms with Gasteiger partial charge in [-0.2, -0.15) is 13.2 Å². The van der Waals surface area contributed by atoms with Crippen LogP contribution >= 0.6 is 0 Å². The maximum absolute atomic E-state index is 12.7. The molecule has 2 amide bonds. The number of amides is 2. The van der Waals surface area contributed by atoms with Gasteiger partial charge in [0.15, 0.2) is 0 Å². The van der Waals surface area contributed by atoms with Crippen molar-refractivity contribution >= 4 is 11.8 Å². The molecular weight excluding hydrogens is 339 g/mol. The molecule has 6 nitrogen and oxygen atoms in total. The molecule has 0 aliphatic carbocycles. The van der Waals surface area contributed by atoms with Crippen molar-refractivity contribution in [2.45, 2.75) is 46.0 Å². The van der Waals surface area contributed by atoms with Gasteiger partial charge >= 0.3 is 6.18 Å². The van der Waals surface area contributed by atoms with Gasteiger partial charge in [-0.1, -0.05) is 0 Å². The van der Waals surface area contributed by atoms with Crippen LogP contribution in [0.1, 0.15) is 33.3 Å². The molecule has 0 spiro atoms. The molecule has 0 aliphatic rings. The van der Waals surface area contributed by atoms with Crippen LogP contribution < -0.4 is 10.9 Å². The zero-order chi connectivity index (χ0) is 19.4. The van der Waals surface area contributed by atoms with Crippen molar-refractivity contribution in [3.63, 3.8) is 0 Å². The van der Waals surface area contributed by atoms with E-state index in [9.17, 15) is 27.6 Å². The van der Waals surface area contributed by atoms with Gasteiger partial charge in [0.25, 0.3) is 5.56 Å². The average Bonchev–Trinajstić information content (AvgIpc) is 2.43. The Kier molecular flexibility index (Phi) is 6.39. The number of hydrogen-bond donors (Lipinski definition) is 1. The van der Waals surface area contributed by atoms with E-state index >= 15 is 0 Å². The molecule has 1 heterocycles. The highest BCUT2D eigenvalue weighted by Crippen LogP contribution is 2.27. The van der Waals surface area contributed by atoms with Crippen LogP contribution in [0.2, 0.25) is 0 Å². The number of nitrogens with one attached hydrogen (secondary N) is 1. The van der Waals surface area contributed by atoms with Crippen LogP contribution in [0.5, 0.6) is 0 Å². The van der Waals surface area contributed by atoms with Gasteiger partial charge in [0.1, 0.15) is 6.54 Å². The molecular formula is C16H22F3N3O3. The Balaban J connectivity index is 2.89. The van der Waals surface area contributed by atoms with Crippen LogP contribution in [-0.2, 0) is 22.3 Å². The Morgan fingerprint density at radius 2 is 1.80 bits per heavy atom. The van der Waals surface area contributed by atoms with Crippen LogP contribution in [0.15, 0.2) is 23.1 Å². The standard InChI is InChI=1S/C16H22F3N3O3/c1-5-21(9-12(23)20-15(2,3)4)14(25)10-22-8-11(16(17,18)19)6-7-13(22)24/h6-8H,5,9-10H2,1-4H3,(H,20,23). The van der Waals surface area contributed by atoms with Crippen molar-refractivity contribution in [1.82, 2.24) is 14.8 Å². The summed E-state index contributed by atoms with van der Waals surface area (Å²) in [7, 11) is 0. The van der Waals surface area contributed by atoms with Crippen molar-refractivity contribution < 1.29 is 22.8 Å². The summed E-state index contributed by atoms with van der Waals surface area (Å²) in [5, 5.41) is 2.69. The van der Waals surface area contributed by atoms with E-state index in [1.54, 1.807) is 27.7 Å². The highest BCUT2D eigenvalue weighted by atomic mass is 19.4. The zero-order valence-corrected chi connectivity index (χ0v) is 14.6. The summed E-state index contributed by atoms with van der Waals surface area (Å²) in [5.74, 6) is -1.01. The summed E-state index contributed by atoms with van der Waals surface area (Å²) in [6, 6.07) is 1.43. The lowest BCUT2D eigenvalue weighted by Crippen LogP contribution is -2.48. The first-order valence-electron chi connectivity index (χ1n) is 7.70. The lowest BCUT2D eigenvalue weighted by Gasteiger charge is -2.25. The lowest BCUT2D eigenvalue weighted by atomic mass is 10.1. The second-order valence-electron chi connectivity index (χ2n) is 6.59. The summed E-state index contributed by atoms with van der Waals surface area (Å²) < 4.78 is 38.9. The van der Waals surface area contributed by atoms with E-state index in [1.165, 1.54) is 4.90 Å². The van der Waals surface area contributed by atoms with Gasteiger partial charge in [0, 0.05) is 24.3 Å². The Morgan fingerprint density at radius 3 is 2.28 bits per heavy atom. The third-order valence-electron chi connectivity index (χ3n) is 3.20. The Bertz CT molecular complexity index is 690. The SMILES string of the molecule is CCN(CC(=O)NC(C)(C)C)C(=O)Cn1cc(C(F)(F)F)ccc1=O. The Hall–Kier alpha value is -2.32. The van der Waals surface area contributed by atoms with E-state index in [-0.39, 0.29) is 19.0 Å². The van der Waals surface area contributed by atoms with Crippen molar-refractivity contribution in [2.24, 2.45) is 0 Å². The highest BCUT2D eigenvalue weighted by Gasteiger charge is 2.31. The lowest BCUT2D eigenvalue weighted by molar-refractivity contribution is -0.139. The summed E-state index contributed by atoms with van der Waals surface area (Å²) >= 11 is 0. The number of hydrogen-bond acceptors (Lipinski definition) is 3. The maximum atomic E-state index is 12.7. The van der Waals surface area contributed by atoms with Gasteiger partial charge < -0.3 is 14.8 Å². The van der Waals surface area contributed by atoms with Crippen LogP contribution in [0.3, 0.4) is 0 Å².